The van der Waals surface area contributed by atoms with E-state index in [0.29, 0.717) is 11.1 Å². The number of rotatable bonds is 9. The van der Waals surface area contributed by atoms with Gasteiger partial charge in [-0.1, -0.05) is 115 Å². The molecule has 240 valence electrons. The maximum absolute atomic E-state index is 14.5. The highest BCUT2D eigenvalue weighted by atomic mass is 32.1. The van der Waals surface area contributed by atoms with E-state index in [-0.39, 0.29) is 23.7 Å². The van der Waals surface area contributed by atoms with E-state index in [9.17, 15) is 9.59 Å². The predicted octanol–water partition coefficient (Wildman–Crippen LogP) is 12.6. The quantitative estimate of drug-likeness (QED) is 0.0677. The molecule has 0 spiro atoms. The molecular formula is C44H41NO2S. The summed E-state index contributed by atoms with van der Waals surface area (Å²) in [6.45, 7) is 10.7. The highest BCUT2D eigenvalue weighted by Gasteiger charge is 2.38. The molecule has 0 aliphatic carbocycles. The maximum Gasteiger partial charge on any atom is 0.266 e. The first-order valence-corrected chi connectivity index (χ1v) is 18.4. The van der Waals surface area contributed by atoms with E-state index in [1.807, 2.05) is 29.5 Å². The van der Waals surface area contributed by atoms with Gasteiger partial charge in [0.2, 0.25) is 0 Å². The Kier molecular flexibility index (Phi) is 7.60. The minimum absolute atomic E-state index is 0.157. The number of hydrogen-bond acceptors (Lipinski definition) is 3. The Morgan fingerprint density at radius 3 is 1.75 bits per heavy atom. The van der Waals surface area contributed by atoms with E-state index in [4.69, 9.17) is 0 Å². The molecule has 3 nitrogen and oxygen atoms in total. The van der Waals surface area contributed by atoms with Crippen molar-refractivity contribution < 1.29 is 9.59 Å². The first kappa shape index (κ1) is 30.8. The highest BCUT2D eigenvalue weighted by molar-refractivity contribution is 7.15. The standard InChI is InChI=1S/C44H41NO2S/c1-6-7-8-9-12-27-17-24-38(48-27)30-18-19-33-35-21-23-37-41-36(22-20-34(40(35)41)32-16-11-15-31(30)39(32)33)43(46)45(44(37)47)42-28(25(2)3)13-10-14-29(42)26(4)5/h10-11,13-26H,6-9,12H2,1-5H3. The van der Waals surface area contributed by atoms with Gasteiger partial charge < -0.3 is 0 Å². The SMILES string of the molecule is CCCCCCc1ccc(-c2ccc3c4ccc5c6c(ccc(c7cccc2c73)c64)C(=O)N(c2c(C(C)C)cccc2C(C)C)C5=O)s1. The second-order valence-corrected chi connectivity index (χ2v) is 15.2. The van der Waals surface area contributed by atoms with Gasteiger partial charge in [-0.3, -0.25) is 9.59 Å². The lowest BCUT2D eigenvalue weighted by Gasteiger charge is -2.32. The fourth-order valence-electron chi connectivity index (χ4n) is 8.06. The van der Waals surface area contributed by atoms with Crippen molar-refractivity contribution in [2.24, 2.45) is 0 Å². The number of imide groups is 1. The third-order valence-electron chi connectivity index (χ3n) is 10.4. The molecule has 0 radical (unpaired) electrons. The lowest BCUT2D eigenvalue weighted by Crippen LogP contribution is -2.41. The highest BCUT2D eigenvalue weighted by Crippen LogP contribution is 2.47. The summed E-state index contributed by atoms with van der Waals surface area (Å²) in [5.74, 6) is -0.170. The molecule has 1 aliphatic heterocycles. The number of para-hydroxylation sites is 1. The number of fused-ring (bicyclic) bond motifs is 2. The minimum atomic E-state index is -0.242. The molecule has 0 saturated carbocycles. The molecule has 2 heterocycles. The van der Waals surface area contributed by atoms with Crippen molar-refractivity contribution in [2.75, 3.05) is 4.90 Å². The lowest BCUT2D eigenvalue weighted by atomic mass is 9.83. The van der Waals surface area contributed by atoms with E-state index in [1.165, 1.54) is 56.7 Å². The van der Waals surface area contributed by atoms with Crippen molar-refractivity contribution in [2.45, 2.75) is 78.6 Å². The Morgan fingerprint density at radius 2 is 1.12 bits per heavy atom. The smallest absolute Gasteiger partial charge is 0.266 e. The zero-order valence-electron chi connectivity index (χ0n) is 28.4. The van der Waals surface area contributed by atoms with Crippen LogP contribution in [-0.2, 0) is 6.42 Å². The number of anilines is 1. The number of carbonyl (C=O) groups excluding carboxylic acids is 2. The van der Waals surface area contributed by atoms with Gasteiger partial charge in [-0.05, 0) is 103 Å². The molecule has 0 saturated heterocycles. The van der Waals surface area contributed by atoms with E-state index in [1.54, 1.807) is 0 Å². The molecular weight excluding hydrogens is 607 g/mol. The fourth-order valence-corrected chi connectivity index (χ4v) is 9.15. The Labute approximate surface area is 286 Å². The van der Waals surface area contributed by atoms with E-state index in [0.717, 1.165) is 55.6 Å². The van der Waals surface area contributed by atoms with Gasteiger partial charge in [0.25, 0.3) is 11.8 Å². The van der Waals surface area contributed by atoms with Crippen LogP contribution in [0, 0.1) is 0 Å². The van der Waals surface area contributed by atoms with Crippen LogP contribution in [0.5, 0.6) is 0 Å². The molecule has 1 aromatic heterocycles. The van der Waals surface area contributed by atoms with Gasteiger partial charge in [-0.25, -0.2) is 4.90 Å². The Morgan fingerprint density at radius 1 is 0.562 bits per heavy atom. The van der Waals surface area contributed by atoms with E-state index in [2.05, 4.69) is 101 Å². The average molecular weight is 648 g/mol. The van der Waals surface area contributed by atoms with Crippen molar-refractivity contribution in [1.82, 2.24) is 0 Å². The summed E-state index contributed by atoms with van der Waals surface area (Å²) in [5.41, 5.74) is 5.23. The first-order valence-electron chi connectivity index (χ1n) is 17.6. The molecule has 7 aromatic rings. The maximum atomic E-state index is 14.5. The predicted molar refractivity (Wildman–Crippen MR) is 205 cm³/mol. The van der Waals surface area contributed by atoms with Gasteiger partial charge >= 0.3 is 0 Å². The Hall–Kier alpha value is -4.54. The van der Waals surface area contributed by atoms with Gasteiger partial charge in [0.05, 0.1) is 5.69 Å². The lowest BCUT2D eigenvalue weighted by molar-refractivity contribution is 0.0893. The van der Waals surface area contributed by atoms with Crippen LogP contribution in [-0.4, -0.2) is 11.8 Å². The topological polar surface area (TPSA) is 37.4 Å². The molecule has 0 unspecified atom stereocenters. The van der Waals surface area contributed by atoms with Gasteiger partial charge in [-0.2, -0.15) is 0 Å². The minimum Gasteiger partial charge on any atom is -0.268 e. The van der Waals surface area contributed by atoms with Crippen LogP contribution in [0.4, 0.5) is 5.69 Å². The molecule has 48 heavy (non-hydrogen) atoms. The third kappa shape index (κ3) is 4.60. The molecule has 0 bridgehead atoms. The summed E-state index contributed by atoms with van der Waals surface area (Å²) in [6.07, 6.45) is 6.23. The van der Waals surface area contributed by atoms with Crippen LogP contribution in [0.15, 0.2) is 84.9 Å². The summed E-state index contributed by atoms with van der Waals surface area (Å²) in [5, 5.41) is 8.76. The summed E-state index contributed by atoms with van der Waals surface area (Å²) in [7, 11) is 0. The number of unbranched alkanes of at least 4 members (excludes halogenated alkanes) is 3. The Bertz CT molecular complexity index is 2300. The van der Waals surface area contributed by atoms with Crippen molar-refractivity contribution >= 4 is 71.9 Å². The van der Waals surface area contributed by atoms with E-state index >= 15 is 0 Å². The normalized spacial score (nSPS) is 13.5. The monoisotopic (exact) mass is 647 g/mol. The van der Waals surface area contributed by atoms with Crippen LogP contribution in [0.3, 0.4) is 0 Å². The largest absolute Gasteiger partial charge is 0.268 e. The van der Waals surface area contributed by atoms with Crippen LogP contribution in [0.2, 0.25) is 0 Å². The summed E-state index contributed by atoms with van der Waals surface area (Å²) < 4.78 is 0. The summed E-state index contributed by atoms with van der Waals surface area (Å²) in [4.78, 5) is 33.3. The van der Waals surface area contributed by atoms with Crippen molar-refractivity contribution in [3.8, 4) is 10.4 Å². The number of benzene rings is 6. The summed E-state index contributed by atoms with van der Waals surface area (Å²) >= 11 is 1.92. The molecule has 8 rings (SSSR count). The number of hydrogen-bond donors (Lipinski definition) is 0. The third-order valence-corrected chi connectivity index (χ3v) is 11.6. The molecule has 1 aliphatic rings. The fraction of sp³-hybridized carbons (Fsp3) is 0.273. The first-order chi connectivity index (χ1) is 23.3. The zero-order valence-corrected chi connectivity index (χ0v) is 29.3. The van der Waals surface area contributed by atoms with Gasteiger partial charge in [0.1, 0.15) is 0 Å². The molecule has 0 N–H and O–H groups in total. The number of carbonyl (C=O) groups is 2. The number of aryl methyl sites for hydroxylation is 1. The molecule has 0 atom stereocenters. The van der Waals surface area contributed by atoms with Crippen LogP contribution < -0.4 is 4.90 Å². The molecule has 4 heteroatoms. The number of amides is 2. The molecule has 0 fully saturated rings. The van der Waals surface area contributed by atoms with Gasteiger partial charge in [0.15, 0.2) is 0 Å². The molecule has 6 aromatic carbocycles. The van der Waals surface area contributed by atoms with Crippen LogP contribution >= 0.6 is 11.3 Å². The van der Waals surface area contributed by atoms with Crippen molar-refractivity contribution in [1.29, 1.82) is 0 Å². The van der Waals surface area contributed by atoms with Gasteiger partial charge in [-0.15, -0.1) is 11.3 Å². The van der Waals surface area contributed by atoms with E-state index < -0.39 is 0 Å². The second-order valence-electron chi connectivity index (χ2n) is 14.1. The molecule has 2 amide bonds. The van der Waals surface area contributed by atoms with Crippen molar-refractivity contribution in [3.05, 3.63) is 112 Å². The number of nitrogens with zero attached hydrogens (tertiary/aromatic N) is 1. The van der Waals surface area contributed by atoms with Crippen molar-refractivity contribution in [3.63, 3.8) is 0 Å². The zero-order chi connectivity index (χ0) is 33.3. The van der Waals surface area contributed by atoms with Crippen LogP contribution in [0.25, 0.3) is 53.5 Å². The number of thiophene rings is 1. The second kappa shape index (κ2) is 11.9. The Balaban J connectivity index is 1.31. The van der Waals surface area contributed by atoms with Gasteiger partial charge in [0, 0.05) is 26.3 Å². The summed E-state index contributed by atoms with van der Waals surface area (Å²) in [6, 6.07) is 30.0. The van der Waals surface area contributed by atoms with Crippen LogP contribution in [0.1, 0.15) is 109 Å². The average Bonchev–Trinajstić information content (AvgIpc) is 3.56.